The lowest BCUT2D eigenvalue weighted by atomic mass is 10.2. The summed E-state index contributed by atoms with van der Waals surface area (Å²) in [6.07, 6.45) is 4.11. The van der Waals surface area contributed by atoms with E-state index in [2.05, 4.69) is 21.4 Å². The Bertz CT molecular complexity index is 782. The van der Waals surface area contributed by atoms with E-state index in [0.29, 0.717) is 37.6 Å². The van der Waals surface area contributed by atoms with Gasteiger partial charge >= 0.3 is 6.03 Å². The third-order valence-electron chi connectivity index (χ3n) is 3.79. The standard InChI is InChI=1S/C16H15FN6O/c17-13-11-19-5-3-14(13)21-16(24)23-8-6-22(7-9-23)15-12(10-18)2-1-4-20-15/h1-5,11H,6-9H2,(H,19,21,24). The van der Waals surface area contributed by atoms with Crippen LogP contribution >= 0.6 is 0 Å². The van der Waals surface area contributed by atoms with Crippen molar-refractivity contribution in [1.29, 1.82) is 5.26 Å². The van der Waals surface area contributed by atoms with Gasteiger partial charge < -0.3 is 15.1 Å². The first-order chi connectivity index (χ1) is 11.7. The molecule has 0 saturated carbocycles. The van der Waals surface area contributed by atoms with E-state index in [1.807, 2.05) is 4.90 Å². The zero-order chi connectivity index (χ0) is 16.9. The van der Waals surface area contributed by atoms with Crippen LogP contribution in [0.3, 0.4) is 0 Å². The second kappa shape index (κ2) is 6.91. The average Bonchev–Trinajstić information content (AvgIpc) is 2.63. The number of carbonyl (C=O) groups is 1. The Hall–Kier alpha value is -3.21. The fourth-order valence-corrected chi connectivity index (χ4v) is 2.53. The number of anilines is 2. The number of nitrogens with one attached hydrogen (secondary N) is 1. The van der Waals surface area contributed by atoms with E-state index in [0.717, 1.165) is 6.20 Å². The van der Waals surface area contributed by atoms with Gasteiger partial charge in [-0.3, -0.25) is 4.98 Å². The van der Waals surface area contributed by atoms with Crippen LogP contribution in [0.1, 0.15) is 5.56 Å². The number of aromatic nitrogens is 2. The van der Waals surface area contributed by atoms with Gasteiger partial charge in [0.25, 0.3) is 0 Å². The van der Waals surface area contributed by atoms with E-state index in [9.17, 15) is 9.18 Å². The Morgan fingerprint density at radius 2 is 2.04 bits per heavy atom. The SMILES string of the molecule is N#Cc1cccnc1N1CCN(C(=O)Nc2ccncc2F)CC1. The molecule has 1 fully saturated rings. The molecule has 0 spiro atoms. The van der Waals surface area contributed by atoms with E-state index in [4.69, 9.17) is 5.26 Å². The van der Waals surface area contributed by atoms with Crippen molar-refractivity contribution in [1.82, 2.24) is 14.9 Å². The number of halogens is 1. The van der Waals surface area contributed by atoms with Crippen LogP contribution in [0.15, 0.2) is 36.8 Å². The Morgan fingerprint density at radius 1 is 1.25 bits per heavy atom. The van der Waals surface area contributed by atoms with Crippen molar-refractivity contribution in [2.24, 2.45) is 0 Å². The number of nitrogens with zero attached hydrogens (tertiary/aromatic N) is 5. The van der Waals surface area contributed by atoms with Gasteiger partial charge in [-0.1, -0.05) is 0 Å². The van der Waals surface area contributed by atoms with E-state index >= 15 is 0 Å². The molecule has 0 bridgehead atoms. The van der Waals surface area contributed by atoms with Crippen molar-refractivity contribution < 1.29 is 9.18 Å². The van der Waals surface area contributed by atoms with Gasteiger partial charge in [0.15, 0.2) is 5.82 Å². The molecule has 122 valence electrons. The molecular weight excluding hydrogens is 311 g/mol. The summed E-state index contributed by atoms with van der Waals surface area (Å²) in [5, 5.41) is 11.7. The maximum Gasteiger partial charge on any atom is 0.322 e. The van der Waals surface area contributed by atoms with Crippen LogP contribution in [0, 0.1) is 17.1 Å². The maximum absolute atomic E-state index is 13.5. The summed E-state index contributed by atoms with van der Waals surface area (Å²) in [6, 6.07) is 6.61. The molecule has 0 atom stereocenters. The minimum absolute atomic E-state index is 0.105. The summed E-state index contributed by atoms with van der Waals surface area (Å²) in [7, 11) is 0. The number of nitriles is 1. The third-order valence-corrected chi connectivity index (χ3v) is 3.79. The van der Waals surface area contributed by atoms with Crippen LogP contribution in [0.25, 0.3) is 0 Å². The molecule has 2 aromatic heterocycles. The fraction of sp³-hybridized carbons (Fsp3) is 0.250. The third kappa shape index (κ3) is 3.25. The minimum Gasteiger partial charge on any atom is -0.352 e. The molecule has 0 aliphatic carbocycles. The Balaban J connectivity index is 1.62. The second-order valence-electron chi connectivity index (χ2n) is 5.25. The lowest BCUT2D eigenvalue weighted by molar-refractivity contribution is 0.208. The van der Waals surface area contributed by atoms with E-state index in [1.165, 1.54) is 12.3 Å². The van der Waals surface area contributed by atoms with Crippen molar-refractivity contribution in [3.05, 3.63) is 48.2 Å². The molecule has 7 nitrogen and oxygen atoms in total. The lowest BCUT2D eigenvalue weighted by Gasteiger charge is -2.35. The fourth-order valence-electron chi connectivity index (χ4n) is 2.53. The smallest absolute Gasteiger partial charge is 0.322 e. The molecule has 3 rings (SSSR count). The topological polar surface area (TPSA) is 85.2 Å². The number of carbonyl (C=O) groups excluding carboxylic acids is 1. The van der Waals surface area contributed by atoms with Crippen LogP contribution in [0.4, 0.5) is 20.7 Å². The summed E-state index contributed by atoms with van der Waals surface area (Å²) < 4.78 is 13.5. The van der Waals surface area contributed by atoms with Gasteiger partial charge in [-0.25, -0.2) is 14.2 Å². The van der Waals surface area contributed by atoms with Crippen molar-refractivity contribution in [2.45, 2.75) is 0 Å². The van der Waals surface area contributed by atoms with Crippen molar-refractivity contribution in [3.8, 4) is 6.07 Å². The van der Waals surface area contributed by atoms with Gasteiger partial charge in [0.2, 0.25) is 0 Å². The summed E-state index contributed by atoms with van der Waals surface area (Å²) in [4.78, 5) is 23.7. The van der Waals surface area contributed by atoms with Gasteiger partial charge in [0.05, 0.1) is 17.4 Å². The number of piperazine rings is 1. The molecule has 2 aromatic rings. The monoisotopic (exact) mass is 326 g/mol. The van der Waals surface area contributed by atoms with Crippen LogP contribution in [0.5, 0.6) is 0 Å². The quantitative estimate of drug-likeness (QED) is 0.910. The molecule has 24 heavy (non-hydrogen) atoms. The van der Waals surface area contributed by atoms with Crippen molar-refractivity contribution in [2.75, 3.05) is 36.4 Å². The summed E-state index contributed by atoms with van der Waals surface area (Å²) in [5.41, 5.74) is 0.614. The molecule has 8 heteroatoms. The number of amides is 2. The highest BCUT2D eigenvalue weighted by Gasteiger charge is 2.23. The Morgan fingerprint density at radius 3 is 2.75 bits per heavy atom. The van der Waals surface area contributed by atoms with Gasteiger partial charge in [-0.05, 0) is 18.2 Å². The Labute approximate surface area is 138 Å². The predicted octanol–water partition coefficient (Wildman–Crippen LogP) is 1.84. The van der Waals surface area contributed by atoms with Crippen LogP contribution in [-0.4, -0.2) is 47.1 Å². The number of rotatable bonds is 2. The second-order valence-corrected chi connectivity index (χ2v) is 5.25. The highest BCUT2D eigenvalue weighted by Crippen LogP contribution is 2.19. The largest absolute Gasteiger partial charge is 0.352 e. The predicted molar refractivity (Wildman–Crippen MR) is 86.0 cm³/mol. The van der Waals surface area contributed by atoms with Crippen LogP contribution < -0.4 is 10.2 Å². The molecule has 1 saturated heterocycles. The zero-order valence-electron chi connectivity index (χ0n) is 12.8. The Kier molecular flexibility index (Phi) is 4.52. The average molecular weight is 326 g/mol. The molecule has 2 amide bonds. The minimum atomic E-state index is -0.573. The highest BCUT2D eigenvalue weighted by atomic mass is 19.1. The number of urea groups is 1. The molecular formula is C16H15FN6O. The first kappa shape index (κ1) is 15.7. The first-order valence-corrected chi connectivity index (χ1v) is 7.44. The molecule has 1 aliphatic rings. The van der Waals surface area contributed by atoms with Gasteiger partial charge in [0.1, 0.15) is 11.9 Å². The van der Waals surface area contributed by atoms with Crippen LogP contribution in [-0.2, 0) is 0 Å². The van der Waals surface area contributed by atoms with E-state index in [-0.39, 0.29) is 11.7 Å². The molecule has 0 unspecified atom stereocenters. The van der Waals surface area contributed by atoms with Gasteiger partial charge in [-0.15, -0.1) is 0 Å². The summed E-state index contributed by atoms with van der Waals surface area (Å²) in [5.74, 6) is 0.0527. The van der Waals surface area contributed by atoms with Crippen molar-refractivity contribution >= 4 is 17.5 Å². The molecule has 0 radical (unpaired) electrons. The molecule has 3 heterocycles. The maximum atomic E-state index is 13.5. The number of hydrogen-bond acceptors (Lipinski definition) is 5. The lowest BCUT2D eigenvalue weighted by Crippen LogP contribution is -2.50. The molecule has 0 aromatic carbocycles. The van der Waals surface area contributed by atoms with E-state index in [1.54, 1.807) is 23.2 Å². The highest BCUT2D eigenvalue weighted by molar-refractivity contribution is 5.89. The number of hydrogen-bond donors (Lipinski definition) is 1. The van der Waals surface area contributed by atoms with E-state index < -0.39 is 5.82 Å². The normalized spacial score (nSPS) is 14.2. The number of pyridine rings is 2. The summed E-state index contributed by atoms with van der Waals surface area (Å²) in [6.45, 7) is 2.02. The van der Waals surface area contributed by atoms with Crippen molar-refractivity contribution in [3.63, 3.8) is 0 Å². The van der Waals surface area contributed by atoms with Gasteiger partial charge in [-0.2, -0.15) is 5.26 Å². The zero-order valence-corrected chi connectivity index (χ0v) is 12.8. The summed E-state index contributed by atoms with van der Waals surface area (Å²) >= 11 is 0. The van der Waals surface area contributed by atoms with Crippen LogP contribution in [0.2, 0.25) is 0 Å². The first-order valence-electron chi connectivity index (χ1n) is 7.44. The molecule has 1 aliphatic heterocycles. The van der Waals surface area contributed by atoms with Gasteiger partial charge in [0, 0.05) is 38.6 Å². The molecule has 1 N–H and O–H groups in total.